The number of hydrogen-bond donors (Lipinski definition) is 2. The van der Waals surface area contributed by atoms with Crippen LogP contribution in [0.4, 0.5) is 23.7 Å². The lowest BCUT2D eigenvalue weighted by atomic mass is 9.91. The van der Waals surface area contributed by atoms with Gasteiger partial charge in [-0.1, -0.05) is 29.8 Å². The van der Waals surface area contributed by atoms with E-state index >= 15 is 0 Å². The van der Waals surface area contributed by atoms with Crippen molar-refractivity contribution in [3.05, 3.63) is 58.1 Å². The van der Waals surface area contributed by atoms with E-state index in [-0.39, 0.29) is 42.3 Å². The van der Waals surface area contributed by atoms with E-state index in [0.717, 1.165) is 43.2 Å². The Kier molecular flexibility index (Phi) is 9.89. The first-order valence-corrected chi connectivity index (χ1v) is 16.9. The third-order valence-electron chi connectivity index (χ3n) is 10.2. The summed E-state index contributed by atoms with van der Waals surface area (Å²) in [5, 5.41) is 12.5. The molecule has 0 spiro atoms. The van der Waals surface area contributed by atoms with E-state index in [1.54, 1.807) is 14.7 Å². The Morgan fingerprint density at radius 1 is 0.936 bits per heavy atom. The summed E-state index contributed by atoms with van der Waals surface area (Å²) >= 11 is 6.00. The molecule has 4 aliphatic rings. The smallest absolute Gasteiger partial charge is 0.420 e. The van der Waals surface area contributed by atoms with Gasteiger partial charge in [-0.05, 0) is 87.4 Å². The number of piperidine rings is 2. The molecule has 4 heterocycles. The number of alkyl halides is 3. The molecule has 4 amide bonds. The Morgan fingerprint density at radius 3 is 2.26 bits per heavy atom. The van der Waals surface area contributed by atoms with Crippen LogP contribution in [0.2, 0.25) is 5.02 Å². The molecular formula is C34H41ClF3N5O4. The number of aromatic hydroxyl groups is 1. The van der Waals surface area contributed by atoms with E-state index in [2.05, 4.69) is 10.2 Å². The third kappa shape index (κ3) is 7.48. The minimum atomic E-state index is -4.84. The number of phenols is 1. The molecule has 3 saturated heterocycles. The van der Waals surface area contributed by atoms with Gasteiger partial charge in [-0.3, -0.25) is 9.59 Å². The van der Waals surface area contributed by atoms with Gasteiger partial charge in [-0.2, -0.15) is 13.2 Å². The fraction of sp³-hybridized carbons (Fsp3) is 0.559. The van der Waals surface area contributed by atoms with Crippen LogP contribution in [0.5, 0.6) is 5.75 Å². The second kappa shape index (κ2) is 13.9. The van der Waals surface area contributed by atoms with Crippen LogP contribution in [0, 0.1) is 5.92 Å². The highest BCUT2D eigenvalue weighted by Crippen LogP contribution is 2.41. The Morgan fingerprint density at radius 2 is 1.57 bits per heavy atom. The van der Waals surface area contributed by atoms with Crippen molar-refractivity contribution >= 4 is 35.1 Å². The zero-order valence-corrected chi connectivity index (χ0v) is 27.0. The second-order valence-electron chi connectivity index (χ2n) is 13.2. The summed E-state index contributed by atoms with van der Waals surface area (Å²) in [6.45, 7) is 4.47. The van der Waals surface area contributed by atoms with E-state index in [4.69, 9.17) is 11.6 Å². The van der Waals surface area contributed by atoms with Crippen molar-refractivity contribution in [2.45, 2.75) is 76.2 Å². The Labute approximate surface area is 277 Å². The first kappa shape index (κ1) is 33.4. The molecule has 2 aromatic rings. The second-order valence-corrected chi connectivity index (χ2v) is 13.6. The summed E-state index contributed by atoms with van der Waals surface area (Å²) in [4.78, 5) is 48.2. The van der Waals surface area contributed by atoms with E-state index in [9.17, 15) is 32.7 Å². The highest BCUT2D eigenvalue weighted by molar-refractivity contribution is 6.32. The predicted octanol–water partition coefficient (Wildman–Crippen LogP) is 5.74. The fourth-order valence-electron chi connectivity index (χ4n) is 7.62. The number of benzene rings is 2. The first-order valence-electron chi connectivity index (χ1n) is 16.5. The molecule has 0 saturated carbocycles. The summed E-state index contributed by atoms with van der Waals surface area (Å²) in [7, 11) is 0. The van der Waals surface area contributed by atoms with Crippen LogP contribution in [-0.4, -0.2) is 93.9 Å². The molecule has 6 rings (SSSR count). The van der Waals surface area contributed by atoms with Gasteiger partial charge in [0, 0.05) is 56.9 Å². The normalized spacial score (nSPS) is 20.7. The maximum absolute atomic E-state index is 14.0. The molecule has 2 N–H and O–H groups in total. The summed E-state index contributed by atoms with van der Waals surface area (Å²) < 4.78 is 41.1. The van der Waals surface area contributed by atoms with E-state index < -0.39 is 28.4 Å². The van der Waals surface area contributed by atoms with Gasteiger partial charge in [0.15, 0.2) is 0 Å². The van der Waals surface area contributed by atoms with Crippen LogP contribution < -0.4 is 5.32 Å². The third-order valence-corrected chi connectivity index (χ3v) is 10.5. The quantitative estimate of drug-likeness (QED) is 0.391. The lowest BCUT2D eigenvalue weighted by Crippen LogP contribution is -2.51. The zero-order chi connectivity index (χ0) is 33.3. The summed E-state index contributed by atoms with van der Waals surface area (Å²) in [5.74, 6) is -2.45. The Balaban J connectivity index is 1.13. The van der Waals surface area contributed by atoms with Crippen molar-refractivity contribution in [2.75, 3.05) is 44.6 Å². The van der Waals surface area contributed by atoms with E-state index in [1.807, 2.05) is 24.3 Å². The molecule has 4 aliphatic heterocycles. The molecule has 0 aliphatic carbocycles. The van der Waals surface area contributed by atoms with E-state index in [0.29, 0.717) is 51.6 Å². The average molecular weight is 676 g/mol. The minimum absolute atomic E-state index is 0.0540. The number of carbonyl (C=O) groups is 3. The molecule has 1 unspecified atom stereocenters. The van der Waals surface area contributed by atoms with Gasteiger partial charge in [0.1, 0.15) is 5.75 Å². The molecule has 0 aromatic heterocycles. The minimum Gasteiger partial charge on any atom is -0.506 e. The molecule has 13 heteroatoms. The molecule has 254 valence electrons. The average Bonchev–Trinajstić information content (AvgIpc) is 3.60. The van der Waals surface area contributed by atoms with Gasteiger partial charge < -0.3 is 30.0 Å². The number of anilines is 1. The number of phenolic OH excluding ortho intramolecular Hbond substituents is 1. The van der Waals surface area contributed by atoms with Crippen LogP contribution in [0.15, 0.2) is 36.4 Å². The molecule has 2 aromatic carbocycles. The monoisotopic (exact) mass is 675 g/mol. The Hall–Kier alpha value is -3.51. The summed E-state index contributed by atoms with van der Waals surface area (Å²) in [6.07, 6.45) is 0.0167. The van der Waals surface area contributed by atoms with Crippen LogP contribution in [0.3, 0.4) is 0 Å². The van der Waals surface area contributed by atoms with Gasteiger partial charge in [0.25, 0.3) is 0 Å². The molecule has 3 fully saturated rings. The first-order chi connectivity index (χ1) is 22.5. The number of amides is 4. The van der Waals surface area contributed by atoms with Crippen LogP contribution in [-0.2, 0) is 28.7 Å². The molecule has 1 atom stereocenters. The van der Waals surface area contributed by atoms with Crippen LogP contribution in [0.25, 0.3) is 0 Å². The SMILES string of the molecule is O=C(CC(Cc1cc(Cl)c(O)c(C(F)(F)F)c1)C(=O)N1CCC(N2CCCC2)CC1)N1CCC(N2Cc3ccccc3NC2=O)CC1. The number of fused-ring (bicyclic) bond motifs is 1. The molecule has 9 nitrogen and oxygen atoms in total. The van der Waals surface area contributed by atoms with E-state index in [1.165, 1.54) is 18.9 Å². The number of nitrogens with zero attached hydrogens (tertiary/aromatic N) is 4. The number of carbonyl (C=O) groups excluding carboxylic acids is 3. The van der Waals surface area contributed by atoms with Crippen LogP contribution in [0.1, 0.15) is 61.6 Å². The van der Waals surface area contributed by atoms with Gasteiger partial charge in [-0.25, -0.2) is 4.79 Å². The molecule has 0 bridgehead atoms. The van der Waals surface area contributed by atoms with Gasteiger partial charge in [-0.15, -0.1) is 0 Å². The number of likely N-dealkylation sites (tertiary alicyclic amines) is 3. The van der Waals surface area contributed by atoms with Crippen molar-refractivity contribution < 1.29 is 32.7 Å². The number of hydrogen-bond acceptors (Lipinski definition) is 5. The van der Waals surface area contributed by atoms with Crippen molar-refractivity contribution in [3.8, 4) is 5.75 Å². The zero-order valence-electron chi connectivity index (χ0n) is 26.3. The highest BCUT2D eigenvalue weighted by atomic mass is 35.5. The van der Waals surface area contributed by atoms with Crippen molar-refractivity contribution in [2.24, 2.45) is 5.92 Å². The maximum Gasteiger partial charge on any atom is 0.420 e. The number of rotatable bonds is 7. The van der Waals surface area contributed by atoms with Gasteiger partial charge in [0.2, 0.25) is 11.8 Å². The fourth-order valence-corrected chi connectivity index (χ4v) is 7.86. The van der Waals surface area contributed by atoms with Gasteiger partial charge in [0.05, 0.1) is 16.5 Å². The number of halogens is 4. The standard InChI is InChI=1S/C34H41ClF3N5O4/c35-28-19-22(18-27(31(28)45)34(36,37)38)17-24(32(46)42-15-7-25(8-16-42)40-11-3-4-12-40)20-30(44)41-13-9-26(10-14-41)43-21-23-5-1-2-6-29(23)39-33(43)47/h1-2,5-6,18-19,24-26,45H,3-4,7-17,20-21H2,(H,39,47). The number of nitrogens with one attached hydrogen (secondary N) is 1. The largest absolute Gasteiger partial charge is 0.506 e. The maximum atomic E-state index is 14.0. The van der Waals surface area contributed by atoms with Crippen molar-refractivity contribution in [1.82, 2.24) is 19.6 Å². The Bertz CT molecular complexity index is 1480. The molecule has 47 heavy (non-hydrogen) atoms. The lowest BCUT2D eigenvalue weighted by molar-refractivity contribution is -0.143. The number of para-hydroxylation sites is 1. The van der Waals surface area contributed by atoms with Crippen LogP contribution >= 0.6 is 11.6 Å². The molecule has 0 radical (unpaired) electrons. The summed E-state index contributed by atoms with van der Waals surface area (Å²) in [5.41, 5.74) is 0.692. The number of urea groups is 1. The summed E-state index contributed by atoms with van der Waals surface area (Å²) in [6, 6.07) is 9.89. The van der Waals surface area contributed by atoms with Gasteiger partial charge >= 0.3 is 12.2 Å². The topological polar surface area (TPSA) is 96.4 Å². The lowest BCUT2D eigenvalue weighted by Gasteiger charge is -2.41. The van der Waals surface area contributed by atoms with Crippen molar-refractivity contribution in [1.29, 1.82) is 0 Å². The molecular weight excluding hydrogens is 635 g/mol. The van der Waals surface area contributed by atoms with Crippen molar-refractivity contribution in [3.63, 3.8) is 0 Å². The predicted molar refractivity (Wildman–Crippen MR) is 171 cm³/mol. The highest BCUT2D eigenvalue weighted by Gasteiger charge is 2.38.